The molecule has 3 rings (SSSR count). The minimum atomic E-state index is -0.973. The van der Waals surface area contributed by atoms with Gasteiger partial charge in [0.2, 0.25) is 5.91 Å². The Morgan fingerprint density at radius 3 is 2.56 bits per heavy atom. The van der Waals surface area contributed by atoms with E-state index in [4.69, 9.17) is 5.73 Å². The quantitative estimate of drug-likeness (QED) is 0.715. The van der Waals surface area contributed by atoms with Crippen molar-refractivity contribution in [2.75, 3.05) is 5.32 Å². The van der Waals surface area contributed by atoms with Crippen molar-refractivity contribution in [2.45, 2.75) is 39.0 Å². The molecule has 1 heterocycles. The van der Waals surface area contributed by atoms with Crippen LogP contribution in [0.2, 0.25) is 0 Å². The van der Waals surface area contributed by atoms with Gasteiger partial charge in [0.1, 0.15) is 5.00 Å². The van der Waals surface area contributed by atoms with E-state index in [2.05, 4.69) is 12.2 Å². The SMILES string of the molecule is C[C@@H]1CCc2c(sc(NC(=O)[C@@H]3CC=CC[C@H]3C(=O)O)c2C(N)=O)C1. The summed E-state index contributed by atoms with van der Waals surface area (Å²) in [4.78, 5) is 37.1. The second-order valence-corrected chi connectivity index (χ2v) is 8.01. The van der Waals surface area contributed by atoms with Crippen molar-refractivity contribution in [3.8, 4) is 0 Å². The fourth-order valence-electron chi connectivity index (χ4n) is 3.68. The van der Waals surface area contributed by atoms with Gasteiger partial charge >= 0.3 is 5.97 Å². The molecule has 0 fully saturated rings. The highest BCUT2D eigenvalue weighted by Gasteiger charge is 2.35. The highest BCUT2D eigenvalue weighted by Crippen LogP contribution is 2.40. The zero-order valence-corrected chi connectivity index (χ0v) is 14.9. The van der Waals surface area contributed by atoms with Crippen molar-refractivity contribution in [3.63, 3.8) is 0 Å². The molecule has 0 radical (unpaired) electrons. The Balaban J connectivity index is 1.87. The molecule has 2 aliphatic carbocycles. The van der Waals surface area contributed by atoms with Crippen LogP contribution in [-0.2, 0) is 22.4 Å². The molecule has 25 heavy (non-hydrogen) atoms. The van der Waals surface area contributed by atoms with Crippen LogP contribution in [0.15, 0.2) is 12.2 Å². The van der Waals surface area contributed by atoms with Gasteiger partial charge in [0, 0.05) is 4.88 Å². The predicted molar refractivity (Wildman–Crippen MR) is 95.6 cm³/mol. The summed E-state index contributed by atoms with van der Waals surface area (Å²) in [6.45, 7) is 2.16. The molecule has 0 spiro atoms. The van der Waals surface area contributed by atoms with Crippen molar-refractivity contribution in [1.82, 2.24) is 0 Å². The molecule has 7 heteroatoms. The number of carboxylic acid groups (broad SMARTS) is 1. The number of anilines is 1. The topological polar surface area (TPSA) is 109 Å². The van der Waals surface area contributed by atoms with E-state index in [1.165, 1.54) is 11.3 Å². The number of hydrogen-bond acceptors (Lipinski definition) is 4. The maximum atomic E-state index is 12.7. The summed E-state index contributed by atoms with van der Waals surface area (Å²) in [5.74, 6) is -2.71. The van der Waals surface area contributed by atoms with E-state index >= 15 is 0 Å². The smallest absolute Gasteiger partial charge is 0.307 e. The van der Waals surface area contributed by atoms with E-state index in [9.17, 15) is 19.5 Å². The number of nitrogens with one attached hydrogen (secondary N) is 1. The van der Waals surface area contributed by atoms with Gasteiger partial charge in [0.05, 0.1) is 17.4 Å². The maximum Gasteiger partial charge on any atom is 0.307 e. The molecule has 4 N–H and O–H groups in total. The molecule has 134 valence electrons. The largest absolute Gasteiger partial charge is 0.481 e. The Labute approximate surface area is 150 Å². The van der Waals surface area contributed by atoms with Crippen LogP contribution in [0, 0.1) is 17.8 Å². The van der Waals surface area contributed by atoms with Crippen LogP contribution in [0.5, 0.6) is 0 Å². The maximum absolute atomic E-state index is 12.7. The Bertz CT molecular complexity index is 753. The Kier molecular flexibility index (Phi) is 4.94. The number of rotatable bonds is 4. The zero-order chi connectivity index (χ0) is 18.1. The van der Waals surface area contributed by atoms with Crippen LogP contribution in [0.4, 0.5) is 5.00 Å². The molecule has 0 unspecified atom stereocenters. The van der Waals surface area contributed by atoms with E-state index < -0.39 is 23.7 Å². The number of nitrogens with two attached hydrogens (primary N) is 1. The third-order valence-electron chi connectivity index (χ3n) is 5.08. The highest BCUT2D eigenvalue weighted by molar-refractivity contribution is 7.17. The number of thiophene rings is 1. The second-order valence-electron chi connectivity index (χ2n) is 6.90. The average Bonchev–Trinajstić information content (AvgIpc) is 2.91. The normalized spacial score (nSPS) is 25.2. The number of allylic oxidation sites excluding steroid dienone is 2. The van der Waals surface area contributed by atoms with Crippen LogP contribution in [0.25, 0.3) is 0 Å². The molecule has 2 amide bonds. The molecule has 6 nitrogen and oxygen atoms in total. The number of carbonyl (C=O) groups excluding carboxylic acids is 2. The third kappa shape index (κ3) is 3.46. The zero-order valence-electron chi connectivity index (χ0n) is 14.1. The first-order valence-corrected chi connectivity index (χ1v) is 9.33. The summed E-state index contributed by atoms with van der Waals surface area (Å²) in [5, 5.41) is 12.6. The summed E-state index contributed by atoms with van der Waals surface area (Å²) >= 11 is 1.40. The number of aliphatic carboxylic acids is 1. The predicted octanol–water partition coefficient (Wildman–Crippen LogP) is 2.58. The lowest BCUT2D eigenvalue weighted by Crippen LogP contribution is -2.35. The van der Waals surface area contributed by atoms with Crippen molar-refractivity contribution >= 4 is 34.1 Å². The summed E-state index contributed by atoms with van der Waals surface area (Å²) in [6.07, 6.45) is 7.00. The van der Waals surface area contributed by atoms with Crippen LogP contribution in [-0.4, -0.2) is 22.9 Å². The first kappa shape index (κ1) is 17.7. The van der Waals surface area contributed by atoms with Crippen molar-refractivity contribution in [1.29, 1.82) is 0 Å². The molecule has 0 aliphatic heterocycles. The third-order valence-corrected chi connectivity index (χ3v) is 6.25. The second kappa shape index (κ2) is 7.00. The van der Waals surface area contributed by atoms with Gasteiger partial charge in [-0.25, -0.2) is 0 Å². The first-order valence-electron chi connectivity index (χ1n) is 8.51. The van der Waals surface area contributed by atoms with Crippen molar-refractivity contribution in [3.05, 3.63) is 28.2 Å². The lowest BCUT2D eigenvalue weighted by Gasteiger charge is -2.24. The van der Waals surface area contributed by atoms with Gasteiger partial charge < -0.3 is 16.2 Å². The molecule has 1 aromatic rings. The number of amides is 2. The number of carbonyl (C=O) groups is 3. The van der Waals surface area contributed by atoms with E-state index in [1.807, 2.05) is 6.08 Å². The average molecular weight is 362 g/mol. The van der Waals surface area contributed by atoms with E-state index in [-0.39, 0.29) is 5.91 Å². The van der Waals surface area contributed by atoms with Gasteiger partial charge in [-0.2, -0.15) is 0 Å². The van der Waals surface area contributed by atoms with Gasteiger partial charge in [-0.05, 0) is 43.6 Å². The standard InChI is InChI=1S/C18H22N2O4S/c1-9-6-7-12-13(8-9)25-17(14(12)15(19)21)20-16(22)10-4-2-3-5-11(10)18(23)24/h2-3,9-11H,4-8H2,1H3,(H2,19,21)(H,20,22)(H,23,24)/t9-,10-,11-/m1/s1. The molecule has 1 aromatic heterocycles. The van der Waals surface area contributed by atoms with E-state index in [0.717, 1.165) is 29.7 Å². The molecular formula is C18H22N2O4S. The summed E-state index contributed by atoms with van der Waals surface area (Å²) in [5.41, 5.74) is 6.91. The Morgan fingerprint density at radius 1 is 1.24 bits per heavy atom. The van der Waals surface area contributed by atoms with Gasteiger partial charge in [0.15, 0.2) is 0 Å². The van der Waals surface area contributed by atoms with Crippen molar-refractivity contribution < 1.29 is 19.5 Å². The van der Waals surface area contributed by atoms with Gasteiger partial charge in [-0.3, -0.25) is 14.4 Å². The van der Waals surface area contributed by atoms with Crippen LogP contribution in [0.3, 0.4) is 0 Å². The number of primary amides is 1. The van der Waals surface area contributed by atoms with E-state index in [1.54, 1.807) is 6.08 Å². The van der Waals surface area contributed by atoms with Crippen LogP contribution in [0.1, 0.15) is 47.0 Å². The molecule has 0 saturated heterocycles. The van der Waals surface area contributed by atoms with Gasteiger partial charge in [0.25, 0.3) is 5.91 Å². The van der Waals surface area contributed by atoms with Crippen LogP contribution < -0.4 is 11.1 Å². The number of carboxylic acids is 1. The monoisotopic (exact) mass is 362 g/mol. The lowest BCUT2D eigenvalue weighted by molar-refractivity contribution is -0.146. The fourth-order valence-corrected chi connectivity index (χ4v) is 5.10. The van der Waals surface area contributed by atoms with Gasteiger partial charge in [-0.1, -0.05) is 19.1 Å². The summed E-state index contributed by atoms with van der Waals surface area (Å²) < 4.78 is 0. The Hall–Kier alpha value is -2.15. The molecule has 0 saturated carbocycles. The summed E-state index contributed by atoms with van der Waals surface area (Å²) in [7, 11) is 0. The lowest BCUT2D eigenvalue weighted by atomic mass is 9.82. The number of hydrogen-bond donors (Lipinski definition) is 3. The molecule has 0 aromatic carbocycles. The molecule has 0 bridgehead atoms. The highest BCUT2D eigenvalue weighted by atomic mass is 32.1. The first-order chi connectivity index (χ1) is 11.9. The van der Waals surface area contributed by atoms with Crippen LogP contribution >= 0.6 is 11.3 Å². The summed E-state index contributed by atoms with van der Waals surface area (Å²) in [6, 6.07) is 0. The molecular weight excluding hydrogens is 340 g/mol. The minimum Gasteiger partial charge on any atom is -0.481 e. The Morgan fingerprint density at radius 2 is 1.92 bits per heavy atom. The van der Waals surface area contributed by atoms with E-state index in [0.29, 0.717) is 29.3 Å². The van der Waals surface area contributed by atoms with Gasteiger partial charge in [-0.15, -0.1) is 11.3 Å². The molecule has 2 aliphatic rings. The molecule has 3 atom stereocenters. The number of fused-ring (bicyclic) bond motifs is 1. The minimum absolute atomic E-state index is 0.342. The van der Waals surface area contributed by atoms with Crippen molar-refractivity contribution in [2.24, 2.45) is 23.5 Å². The fraction of sp³-hybridized carbons (Fsp3) is 0.500.